The van der Waals surface area contributed by atoms with E-state index in [1.54, 1.807) is 0 Å². The molecule has 2 heteroatoms. The highest BCUT2D eigenvalue weighted by Gasteiger charge is 2.41. The van der Waals surface area contributed by atoms with Crippen molar-refractivity contribution in [3.05, 3.63) is 59.9 Å². The Morgan fingerprint density at radius 2 is 1.90 bits per heavy atom. The lowest BCUT2D eigenvalue weighted by Gasteiger charge is -2.26. The van der Waals surface area contributed by atoms with Crippen molar-refractivity contribution in [2.24, 2.45) is 0 Å². The molecular weight excluding hydrogens is 246 g/mol. The van der Waals surface area contributed by atoms with Gasteiger partial charge in [0.2, 0.25) is 0 Å². The molecule has 0 radical (unpaired) electrons. The summed E-state index contributed by atoms with van der Waals surface area (Å²) < 4.78 is 6.27. The van der Waals surface area contributed by atoms with Crippen molar-refractivity contribution in [1.82, 2.24) is 0 Å². The lowest BCUT2D eigenvalue weighted by Crippen LogP contribution is -2.26. The maximum absolute atomic E-state index is 6.27. The van der Waals surface area contributed by atoms with Gasteiger partial charge in [-0.25, -0.2) is 0 Å². The SMILES string of the molecule is C1=C2Oc3ccccc3-c3cccc4c3C2C(CC1)N4. The second-order valence-corrected chi connectivity index (χ2v) is 5.78. The molecule has 5 rings (SSSR count). The number of anilines is 1. The van der Waals surface area contributed by atoms with Crippen molar-refractivity contribution in [1.29, 1.82) is 0 Å². The van der Waals surface area contributed by atoms with Crippen LogP contribution in [0.1, 0.15) is 24.3 Å². The lowest BCUT2D eigenvalue weighted by molar-refractivity contribution is 0.357. The molecule has 3 aliphatic rings. The average molecular weight is 261 g/mol. The largest absolute Gasteiger partial charge is 0.461 e. The molecule has 2 nitrogen and oxygen atoms in total. The van der Waals surface area contributed by atoms with E-state index in [2.05, 4.69) is 47.8 Å². The number of para-hydroxylation sites is 1. The van der Waals surface area contributed by atoms with Gasteiger partial charge in [-0.05, 0) is 42.2 Å². The molecule has 0 spiro atoms. The van der Waals surface area contributed by atoms with Gasteiger partial charge in [-0.3, -0.25) is 0 Å². The molecule has 2 aliphatic heterocycles. The maximum atomic E-state index is 6.27. The zero-order valence-corrected chi connectivity index (χ0v) is 11.1. The molecular formula is C18H15NO. The summed E-state index contributed by atoms with van der Waals surface area (Å²) in [4.78, 5) is 0. The van der Waals surface area contributed by atoms with Gasteiger partial charge in [0.15, 0.2) is 0 Å². The predicted octanol–water partition coefficient (Wildman–Crippen LogP) is 4.30. The summed E-state index contributed by atoms with van der Waals surface area (Å²) >= 11 is 0. The number of ether oxygens (including phenoxy) is 1. The van der Waals surface area contributed by atoms with Crippen LogP contribution in [0.25, 0.3) is 11.1 Å². The number of fused-ring (bicyclic) bond motifs is 2. The standard InChI is InChI=1S/C18H15NO/c1-2-9-15-11(5-1)12-6-3-7-13-17(12)18-14(19-13)8-4-10-16(18)20-15/h1-3,5-7,9-10,14,18-19H,4,8H2. The van der Waals surface area contributed by atoms with Gasteiger partial charge in [-0.2, -0.15) is 0 Å². The fraction of sp³-hybridized carbons (Fsp3) is 0.222. The van der Waals surface area contributed by atoms with Crippen LogP contribution in [0.3, 0.4) is 0 Å². The van der Waals surface area contributed by atoms with E-state index in [1.165, 1.54) is 28.8 Å². The molecule has 0 bridgehead atoms. The Morgan fingerprint density at radius 1 is 1.00 bits per heavy atom. The topological polar surface area (TPSA) is 21.3 Å². The van der Waals surface area contributed by atoms with E-state index in [4.69, 9.17) is 4.74 Å². The van der Waals surface area contributed by atoms with Gasteiger partial charge in [-0.15, -0.1) is 0 Å². The van der Waals surface area contributed by atoms with Crippen LogP contribution in [0.5, 0.6) is 5.75 Å². The van der Waals surface area contributed by atoms with Gasteiger partial charge in [0.25, 0.3) is 0 Å². The fourth-order valence-corrected chi connectivity index (χ4v) is 3.87. The van der Waals surface area contributed by atoms with Crippen molar-refractivity contribution in [3.8, 4) is 16.9 Å². The van der Waals surface area contributed by atoms with E-state index in [0.29, 0.717) is 12.0 Å². The van der Waals surface area contributed by atoms with E-state index < -0.39 is 0 Å². The molecule has 2 atom stereocenters. The lowest BCUT2D eigenvalue weighted by atomic mass is 9.83. The first-order valence-electron chi connectivity index (χ1n) is 7.28. The van der Waals surface area contributed by atoms with Crippen molar-refractivity contribution in [2.75, 3.05) is 5.32 Å². The highest BCUT2D eigenvalue weighted by atomic mass is 16.5. The van der Waals surface area contributed by atoms with Gasteiger partial charge in [-0.1, -0.05) is 30.3 Å². The first kappa shape index (κ1) is 10.6. The first-order valence-corrected chi connectivity index (χ1v) is 7.28. The zero-order chi connectivity index (χ0) is 13.1. The highest BCUT2D eigenvalue weighted by Crippen LogP contribution is 2.52. The molecule has 1 aliphatic carbocycles. The average Bonchev–Trinajstić information content (AvgIpc) is 2.79. The normalized spacial score (nSPS) is 24.7. The van der Waals surface area contributed by atoms with Crippen LogP contribution in [0.2, 0.25) is 0 Å². The molecule has 0 saturated heterocycles. The van der Waals surface area contributed by atoms with Gasteiger partial charge < -0.3 is 10.1 Å². The molecule has 98 valence electrons. The summed E-state index contributed by atoms with van der Waals surface area (Å²) in [5.74, 6) is 2.49. The Labute approximate surface area is 118 Å². The predicted molar refractivity (Wildman–Crippen MR) is 80.0 cm³/mol. The fourth-order valence-electron chi connectivity index (χ4n) is 3.87. The zero-order valence-electron chi connectivity index (χ0n) is 11.1. The molecule has 0 saturated carbocycles. The Hall–Kier alpha value is -2.22. The molecule has 0 amide bonds. The third-order valence-electron chi connectivity index (χ3n) is 4.70. The summed E-state index contributed by atoms with van der Waals surface area (Å²) in [5, 5.41) is 3.69. The first-order chi connectivity index (χ1) is 9.92. The number of nitrogens with one attached hydrogen (secondary N) is 1. The Kier molecular flexibility index (Phi) is 1.93. The number of rotatable bonds is 0. The third kappa shape index (κ3) is 1.24. The molecule has 0 aromatic heterocycles. The summed E-state index contributed by atoms with van der Waals surface area (Å²) in [6.07, 6.45) is 4.55. The number of allylic oxidation sites excluding steroid dienone is 1. The van der Waals surface area contributed by atoms with E-state index >= 15 is 0 Å². The van der Waals surface area contributed by atoms with Crippen molar-refractivity contribution < 1.29 is 4.74 Å². The molecule has 2 heterocycles. The van der Waals surface area contributed by atoms with Crippen molar-refractivity contribution in [3.63, 3.8) is 0 Å². The Bertz CT molecular complexity index is 747. The summed E-state index contributed by atoms with van der Waals surface area (Å²) in [7, 11) is 0. The quantitative estimate of drug-likeness (QED) is 0.763. The number of hydrogen-bond donors (Lipinski definition) is 1. The number of benzene rings is 2. The van der Waals surface area contributed by atoms with Crippen LogP contribution >= 0.6 is 0 Å². The van der Waals surface area contributed by atoms with Crippen molar-refractivity contribution in [2.45, 2.75) is 24.8 Å². The molecule has 20 heavy (non-hydrogen) atoms. The highest BCUT2D eigenvalue weighted by molar-refractivity contribution is 5.83. The van der Waals surface area contributed by atoms with E-state index in [1.807, 2.05) is 6.07 Å². The van der Waals surface area contributed by atoms with Gasteiger partial charge in [0, 0.05) is 17.3 Å². The van der Waals surface area contributed by atoms with Gasteiger partial charge in [0.1, 0.15) is 11.5 Å². The third-order valence-corrected chi connectivity index (χ3v) is 4.70. The minimum absolute atomic E-state index is 0.377. The molecule has 0 fully saturated rings. The minimum atomic E-state index is 0.377. The number of hydrogen-bond acceptors (Lipinski definition) is 2. The monoisotopic (exact) mass is 261 g/mol. The van der Waals surface area contributed by atoms with Gasteiger partial charge in [0.05, 0.1) is 5.92 Å². The van der Waals surface area contributed by atoms with E-state index in [9.17, 15) is 0 Å². The Balaban J connectivity index is 1.88. The molecule has 2 aromatic rings. The second kappa shape index (κ2) is 3.66. The molecule has 1 N–H and O–H groups in total. The Morgan fingerprint density at radius 3 is 2.90 bits per heavy atom. The summed E-state index contributed by atoms with van der Waals surface area (Å²) in [6.45, 7) is 0. The maximum Gasteiger partial charge on any atom is 0.134 e. The van der Waals surface area contributed by atoms with Crippen molar-refractivity contribution >= 4 is 5.69 Å². The van der Waals surface area contributed by atoms with Crippen LogP contribution in [0, 0.1) is 0 Å². The van der Waals surface area contributed by atoms with Crippen LogP contribution in [0.15, 0.2) is 54.3 Å². The summed E-state index contributed by atoms with van der Waals surface area (Å²) in [6, 6.07) is 15.4. The van der Waals surface area contributed by atoms with Gasteiger partial charge >= 0.3 is 0 Å². The van der Waals surface area contributed by atoms with E-state index in [-0.39, 0.29) is 0 Å². The van der Waals surface area contributed by atoms with E-state index in [0.717, 1.165) is 17.9 Å². The second-order valence-electron chi connectivity index (χ2n) is 5.78. The summed E-state index contributed by atoms with van der Waals surface area (Å²) in [5.41, 5.74) is 5.24. The van der Waals surface area contributed by atoms with Crippen LogP contribution in [0.4, 0.5) is 5.69 Å². The molecule has 2 unspecified atom stereocenters. The van der Waals surface area contributed by atoms with Crippen LogP contribution < -0.4 is 10.1 Å². The smallest absolute Gasteiger partial charge is 0.134 e. The van der Waals surface area contributed by atoms with Crippen LogP contribution in [-0.2, 0) is 0 Å². The van der Waals surface area contributed by atoms with Crippen LogP contribution in [-0.4, -0.2) is 6.04 Å². The minimum Gasteiger partial charge on any atom is -0.461 e. The molecule has 2 aromatic carbocycles.